The van der Waals surface area contributed by atoms with Crippen LogP contribution in [0.15, 0.2) is 36.7 Å². The van der Waals surface area contributed by atoms with E-state index in [0.717, 1.165) is 31.1 Å². The molecule has 10 heteroatoms. The number of carbonyl (C=O) groups is 1. The van der Waals surface area contributed by atoms with Crippen LogP contribution in [0.3, 0.4) is 0 Å². The molecule has 0 bridgehead atoms. The van der Waals surface area contributed by atoms with Gasteiger partial charge in [0.05, 0.1) is 30.9 Å². The van der Waals surface area contributed by atoms with E-state index in [2.05, 4.69) is 25.3 Å². The SMILES string of the molecule is COC(=O)N[C@H]1CC[C@H](Oc2cc3c(Nc4ccc(F)c(Cl)c4)ncnc3cc2OC)CC1. The van der Waals surface area contributed by atoms with Crippen molar-refractivity contribution in [3.05, 3.63) is 47.5 Å². The fraction of sp³-hybridized carbons (Fsp3) is 0.348. The highest BCUT2D eigenvalue weighted by Crippen LogP contribution is 2.37. The summed E-state index contributed by atoms with van der Waals surface area (Å²) in [6, 6.07) is 8.06. The van der Waals surface area contributed by atoms with Crippen LogP contribution >= 0.6 is 11.6 Å². The summed E-state index contributed by atoms with van der Waals surface area (Å²) < 4.78 is 30.0. The maximum absolute atomic E-state index is 13.5. The van der Waals surface area contributed by atoms with Crippen LogP contribution < -0.4 is 20.1 Å². The Kier molecular flexibility index (Phi) is 6.98. The van der Waals surface area contributed by atoms with Crippen molar-refractivity contribution in [3.8, 4) is 11.5 Å². The summed E-state index contributed by atoms with van der Waals surface area (Å²) in [7, 11) is 2.93. The number of methoxy groups -OCH3 is 2. The molecule has 1 saturated carbocycles. The van der Waals surface area contributed by atoms with Crippen molar-refractivity contribution in [2.75, 3.05) is 19.5 Å². The Balaban J connectivity index is 1.55. The number of anilines is 2. The molecule has 33 heavy (non-hydrogen) atoms. The van der Waals surface area contributed by atoms with Gasteiger partial charge in [0.25, 0.3) is 0 Å². The van der Waals surface area contributed by atoms with Gasteiger partial charge in [-0.15, -0.1) is 0 Å². The number of amides is 1. The molecule has 0 atom stereocenters. The first-order chi connectivity index (χ1) is 16.0. The van der Waals surface area contributed by atoms with E-state index in [-0.39, 0.29) is 17.2 Å². The maximum Gasteiger partial charge on any atom is 0.407 e. The minimum Gasteiger partial charge on any atom is -0.493 e. The highest BCUT2D eigenvalue weighted by molar-refractivity contribution is 6.31. The maximum atomic E-state index is 13.5. The molecule has 1 amide bonds. The second-order valence-electron chi connectivity index (χ2n) is 7.72. The van der Waals surface area contributed by atoms with E-state index < -0.39 is 11.9 Å². The van der Waals surface area contributed by atoms with E-state index in [1.807, 2.05) is 6.07 Å². The third-order valence-corrected chi connectivity index (χ3v) is 5.87. The zero-order valence-corrected chi connectivity index (χ0v) is 19.0. The molecule has 0 spiro atoms. The number of hydrogen-bond donors (Lipinski definition) is 2. The zero-order chi connectivity index (χ0) is 23.4. The zero-order valence-electron chi connectivity index (χ0n) is 18.2. The third-order valence-electron chi connectivity index (χ3n) is 5.58. The van der Waals surface area contributed by atoms with Crippen LogP contribution in [0.5, 0.6) is 11.5 Å². The monoisotopic (exact) mass is 474 g/mol. The molecule has 4 rings (SSSR count). The van der Waals surface area contributed by atoms with Gasteiger partial charge in [0.15, 0.2) is 11.5 Å². The topological polar surface area (TPSA) is 94.6 Å². The predicted octanol–water partition coefficient (Wildman–Crippen LogP) is 5.22. The summed E-state index contributed by atoms with van der Waals surface area (Å²) in [5.41, 5.74) is 1.26. The molecule has 8 nitrogen and oxygen atoms in total. The normalized spacial score (nSPS) is 17.9. The largest absolute Gasteiger partial charge is 0.493 e. The second-order valence-corrected chi connectivity index (χ2v) is 8.13. The van der Waals surface area contributed by atoms with Gasteiger partial charge in [-0.3, -0.25) is 0 Å². The van der Waals surface area contributed by atoms with Gasteiger partial charge in [-0.25, -0.2) is 19.2 Å². The number of aromatic nitrogens is 2. The van der Waals surface area contributed by atoms with E-state index in [9.17, 15) is 9.18 Å². The molecule has 1 heterocycles. The Morgan fingerprint density at radius 1 is 1.09 bits per heavy atom. The lowest BCUT2D eigenvalue weighted by Crippen LogP contribution is -2.39. The van der Waals surface area contributed by atoms with Crippen LogP contribution in [0.2, 0.25) is 5.02 Å². The number of benzene rings is 2. The van der Waals surface area contributed by atoms with Gasteiger partial charge in [-0.2, -0.15) is 0 Å². The standard InChI is InChI=1S/C23H24ClFN4O4/c1-31-20-11-19-16(22(27-12-26-19)28-14-5-8-18(25)17(24)9-14)10-21(20)33-15-6-3-13(4-7-15)29-23(30)32-2/h5,8-13,15H,3-4,6-7H2,1-2H3,(H,29,30)(H,26,27,28)/t13-,15-. The Morgan fingerprint density at radius 3 is 2.58 bits per heavy atom. The fourth-order valence-corrected chi connectivity index (χ4v) is 4.04. The molecule has 1 aliphatic rings. The molecular weight excluding hydrogens is 451 g/mol. The first-order valence-corrected chi connectivity index (χ1v) is 10.9. The lowest BCUT2D eigenvalue weighted by molar-refractivity contribution is 0.126. The predicted molar refractivity (Wildman–Crippen MR) is 123 cm³/mol. The van der Waals surface area contributed by atoms with Gasteiger partial charge in [0.2, 0.25) is 0 Å². The third kappa shape index (κ3) is 5.36. The van der Waals surface area contributed by atoms with Crippen molar-refractivity contribution in [3.63, 3.8) is 0 Å². The summed E-state index contributed by atoms with van der Waals surface area (Å²) in [5, 5.41) is 6.73. The van der Waals surface area contributed by atoms with Gasteiger partial charge in [0, 0.05) is 23.2 Å². The number of nitrogens with zero attached hydrogens (tertiary/aromatic N) is 2. The molecule has 1 aromatic heterocycles. The van der Waals surface area contributed by atoms with Crippen LogP contribution in [0.1, 0.15) is 25.7 Å². The lowest BCUT2D eigenvalue weighted by Gasteiger charge is -2.29. The van der Waals surface area contributed by atoms with Crippen LogP contribution in [0, 0.1) is 5.82 Å². The quantitative estimate of drug-likeness (QED) is 0.505. The Labute approximate surface area is 195 Å². The average Bonchev–Trinajstić information content (AvgIpc) is 2.82. The molecule has 0 saturated heterocycles. The number of fused-ring (bicyclic) bond motifs is 1. The van der Waals surface area contributed by atoms with E-state index in [4.69, 9.17) is 21.1 Å². The smallest absolute Gasteiger partial charge is 0.407 e. The van der Waals surface area contributed by atoms with Gasteiger partial charge in [0.1, 0.15) is 18.0 Å². The van der Waals surface area contributed by atoms with Crippen LogP contribution in [0.4, 0.5) is 20.7 Å². The summed E-state index contributed by atoms with van der Waals surface area (Å²) in [6.45, 7) is 0. The summed E-state index contributed by atoms with van der Waals surface area (Å²) >= 11 is 5.90. The van der Waals surface area contributed by atoms with Crippen molar-refractivity contribution >= 4 is 40.1 Å². The first-order valence-electron chi connectivity index (χ1n) is 10.5. The second kappa shape index (κ2) is 10.1. The highest BCUT2D eigenvalue weighted by Gasteiger charge is 2.25. The van der Waals surface area contributed by atoms with Gasteiger partial charge in [-0.05, 0) is 49.9 Å². The minimum atomic E-state index is -0.494. The average molecular weight is 475 g/mol. The molecule has 0 aliphatic heterocycles. The Hall–Kier alpha value is -3.33. The molecule has 2 N–H and O–H groups in total. The van der Waals surface area contributed by atoms with Gasteiger partial charge in [-0.1, -0.05) is 11.6 Å². The molecule has 3 aromatic rings. The minimum absolute atomic E-state index is 0.0151. The highest BCUT2D eigenvalue weighted by atomic mass is 35.5. The van der Waals surface area contributed by atoms with Gasteiger partial charge >= 0.3 is 6.09 Å². The number of nitrogens with one attached hydrogen (secondary N) is 2. The summed E-state index contributed by atoms with van der Waals surface area (Å²) in [4.78, 5) is 20.1. The first kappa shape index (κ1) is 22.8. The fourth-order valence-electron chi connectivity index (χ4n) is 3.86. The number of hydrogen-bond acceptors (Lipinski definition) is 7. The molecular formula is C23H24ClFN4O4. The van der Waals surface area contributed by atoms with E-state index in [0.29, 0.717) is 28.5 Å². The Morgan fingerprint density at radius 2 is 1.88 bits per heavy atom. The molecule has 0 unspecified atom stereocenters. The van der Waals surface area contributed by atoms with E-state index >= 15 is 0 Å². The Bertz CT molecular complexity index is 1150. The van der Waals surface area contributed by atoms with Crippen LogP contribution in [-0.2, 0) is 4.74 Å². The van der Waals surface area contributed by atoms with Crippen molar-refractivity contribution in [2.24, 2.45) is 0 Å². The molecule has 0 radical (unpaired) electrons. The lowest BCUT2D eigenvalue weighted by atomic mass is 9.93. The van der Waals surface area contributed by atoms with Crippen LogP contribution in [-0.4, -0.2) is 42.4 Å². The number of carbonyl (C=O) groups excluding carboxylic acids is 1. The summed E-state index contributed by atoms with van der Waals surface area (Å²) in [5.74, 6) is 1.17. The van der Waals surface area contributed by atoms with Crippen molar-refractivity contribution in [2.45, 2.75) is 37.8 Å². The number of rotatable bonds is 6. The summed E-state index contributed by atoms with van der Waals surface area (Å²) in [6.07, 6.45) is 4.13. The number of alkyl carbamates (subject to hydrolysis) is 1. The molecule has 1 aliphatic carbocycles. The molecule has 2 aromatic carbocycles. The van der Waals surface area contributed by atoms with Crippen molar-refractivity contribution in [1.82, 2.24) is 15.3 Å². The number of halogens is 2. The van der Waals surface area contributed by atoms with Crippen molar-refractivity contribution < 1.29 is 23.4 Å². The molecule has 1 fully saturated rings. The van der Waals surface area contributed by atoms with E-state index in [1.54, 1.807) is 19.2 Å². The molecule has 174 valence electrons. The van der Waals surface area contributed by atoms with E-state index in [1.165, 1.54) is 25.6 Å². The number of ether oxygens (including phenoxy) is 3. The van der Waals surface area contributed by atoms with Crippen molar-refractivity contribution in [1.29, 1.82) is 0 Å². The van der Waals surface area contributed by atoms with Crippen LogP contribution in [0.25, 0.3) is 10.9 Å². The van der Waals surface area contributed by atoms with Gasteiger partial charge < -0.3 is 24.8 Å².